The van der Waals surface area contributed by atoms with Crippen LogP contribution >= 0.6 is 11.6 Å². The van der Waals surface area contributed by atoms with Crippen LogP contribution in [0.4, 0.5) is 0 Å². The van der Waals surface area contributed by atoms with Crippen LogP contribution in [0, 0.1) is 5.92 Å². The minimum Gasteiger partial charge on any atom is -0.237 e. The van der Waals surface area contributed by atoms with Gasteiger partial charge in [-0.25, -0.2) is 9.97 Å². The van der Waals surface area contributed by atoms with Gasteiger partial charge in [-0.2, -0.15) is 0 Å². The van der Waals surface area contributed by atoms with Gasteiger partial charge in [-0.05, 0) is 44.4 Å². The molecule has 3 heteroatoms. The molecule has 0 saturated heterocycles. The lowest BCUT2D eigenvalue weighted by atomic mass is 9.82. The van der Waals surface area contributed by atoms with Gasteiger partial charge in [0.05, 0.1) is 0 Å². The van der Waals surface area contributed by atoms with E-state index in [1.807, 2.05) is 0 Å². The molecular formula is C15H21ClN2. The topological polar surface area (TPSA) is 25.8 Å². The predicted molar refractivity (Wildman–Crippen MR) is 74.1 cm³/mol. The second-order valence-corrected chi connectivity index (χ2v) is 6.33. The maximum atomic E-state index is 6.35. The Kier molecular flexibility index (Phi) is 3.56. The van der Waals surface area contributed by atoms with E-state index >= 15 is 0 Å². The molecule has 1 aromatic rings. The summed E-state index contributed by atoms with van der Waals surface area (Å²) < 4.78 is 0. The largest absolute Gasteiger partial charge is 0.237 e. The Labute approximate surface area is 114 Å². The molecule has 2 unspecified atom stereocenters. The Morgan fingerprint density at radius 1 is 1.06 bits per heavy atom. The summed E-state index contributed by atoms with van der Waals surface area (Å²) in [4.78, 5) is 9.44. The monoisotopic (exact) mass is 264 g/mol. The van der Waals surface area contributed by atoms with Gasteiger partial charge in [-0.3, -0.25) is 0 Å². The highest BCUT2D eigenvalue weighted by molar-refractivity contribution is 6.30. The third-order valence-corrected chi connectivity index (χ3v) is 4.76. The summed E-state index contributed by atoms with van der Waals surface area (Å²) in [5.41, 5.74) is 2.45. The van der Waals surface area contributed by atoms with Crippen LogP contribution in [0.15, 0.2) is 0 Å². The first kappa shape index (κ1) is 12.4. The van der Waals surface area contributed by atoms with Crippen molar-refractivity contribution >= 4 is 11.6 Å². The summed E-state index contributed by atoms with van der Waals surface area (Å²) in [5.74, 6) is 2.37. The lowest BCUT2D eigenvalue weighted by molar-refractivity contribution is 0.334. The zero-order chi connectivity index (χ0) is 12.5. The van der Waals surface area contributed by atoms with Crippen molar-refractivity contribution in [1.29, 1.82) is 0 Å². The number of aromatic nitrogens is 2. The fourth-order valence-electron chi connectivity index (χ4n) is 3.42. The number of rotatable bonds is 1. The first-order valence-electron chi connectivity index (χ1n) is 7.29. The quantitative estimate of drug-likeness (QED) is 0.707. The van der Waals surface area contributed by atoms with E-state index in [1.54, 1.807) is 0 Å². The molecule has 2 atom stereocenters. The molecule has 2 aliphatic rings. The molecule has 1 saturated carbocycles. The Hall–Kier alpha value is -0.630. The van der Waals surface area contributed by atoms with Gasteiger partial charge >= 0.3 is 0 Å². The number of hydrogen-bond donors (Lipinski definition) is 0. The van der Waals surface area contributed by atoms with Gasteiger partial charge in [-0.15, -0.1) is 0 Å². The molecule has 0 radical (unpaired) electrons. The van der Waals surface area contributed by atoms with Crippen LogP contribution in [0.1, 0.15) is 68.4 Å². The van der Waals surface area contributed by atoms with Crippen LogP contribution in [0.25, 0.3) is 0 Å². The van der Waals surface area contributed by atoms with Crippen molar-refractivity contribution in [2.75, 3.05) is 0 Å². The maximum absolute atomic E-state index is 6.35. The van der Waals surface area contributed by atoms with Crippen LogP contribution < -0.4 is 0 Å². The van der Waals surface area contributed by atoms with Crippen molar-refractivity contribution in [2.24, 2.45) is 5.92 Å². The van der Waals surface area contributed by atoms with Gasteiger partial charge < -0.3 is 0 Å². The smallest absolute Gasteiger partial charge is 0.136 e. The minimum absolute atomic E-state index is 0.540. The standard InChI is InChI=1S/C15H21ClN2/c1-10-5-4-6-11(9-10)15-17-13-8-3-2-7-12(13)14(16)18-15/h10-11H,2-9H2,1H3. The molecule has 0 bridgehead atoms. The summed E-state index contributed by atoms with van der Waals surface area (Å²) in [5, 5.41) is 0.730. The third-order valence-electron chi connectivity index (χ3n) is 4.45. The van der Waals surface area contributed by atoms with E-state index in [2.05, 4.69) is 11.9 Å². The second-order valence-electron chi connectivity index (χ2n) is 5.97. The van der Waals surface area contributed by atoms with E-state index in [9.17, 15) is 0 Å². The van der Waals surface area contributed by atoms with Crippen LogP contribution in [-0.2, 0) is 12.8 Å². The van der Waals surface area contributed by atoms with Gasteiger partial charge in [0.15, 0.2) is 0 Å². The Morgan fingerprint density at radius 2 is 1.89 bits per heavy atom. The molecule has 18 heavy (non-hydrogen) atoms. The van der Waals surface area contributed by atoms with Crippen molar-refractivity contribution in [3.63, 3.8) is 0 Å². The molecule has 1 fully saturated rings. The lowest BCUT2D eigenvalue weighted by Crippen LogP contribution is -2.17. The van der Waals surface area contributed by atoms with Gasteiger partial charge in [0.1, 0.15) is 11.0 Å². The fourth-order valence-corrected chi connectivity index (χ4v) is 3.71. The summed E-state index contributed by atoms with van der Waals surface area (Å²) in [6, 6.07) is 0. The van der Waals surface area contributed by atoms with Crippen molar-refractivity contribution in [3.8, 4) is 0 Å². The number of aryl methyl sites for hydroxylation is 1. The Balaban J connectivity index is 1.90. The van der Waals surface area contributed by atoms with E-state index in [0.717, 1.165) is 29.7 Å². The summed E-state index contributed by atoms with van der Waals surface area (Å²) in [6.45, 7) is 2.34. The van der Waals surface area contributed by atoms with Crippen LogP contribution in [0.5, 0.6) is 0 Å². The second kappa shape index (κ2) is 5.16. The molecule has 0 aliphatic heterocycles. The van der Waals surface area contributed by atoms with E-state index < -0.39 is 0 Å². The van der Waals surface area contributed by atoms with E-state index in [-0.39, 0.29) is 0 Å². The van der Waals surface area contributed by atoms with Crippen molar-refractivity contribution < 1.29 is 0 Å². The molecule has 2 aliphatic carbocycles. The average molecular weight is 265 g/mol. The zero-order valence-corrected chi connectivity index (χ0v) is 11.8. The molecule has 0 N–H and O–H groups in total. The van der Waals surface area contributed by atoms with Crippen LogP contribution in [0.3, 0.4) is 0 Å². The minimum atomic E-state index is 0.540. The summed E-state index contributed by atoms with van der Waals surface area (Å²) in [7, 11) is 0. The highest BCUT2D eigenvalue weighted by atomic mass is 35.5. The van der Waals surface area contributed by atoms with Gasteiger partial charge in [0.25, 0.3) is 0 Å². The summed E-state index contributed by atoms with van der Waals surface area (Å²) in [6.07, 6.45) is 9.77. The summed E-state index contributed by atoms with van der Waals surface area (Å²) >= 11 is 6.35. The number of nitrogens with zero attached hydrogens (tertiary/aromatic N) is 2. The average Bonchev–Trinajstić information content (AvgIpc) is 2.39. The fraction of sp³-hybridized carbons (Fsp3) is 0.733. The van der Waals surface area contributed by atoms with Crippen molar-refractivity contribution in [2.45, 2.75) is 64.2 Å². The van der Waals surface area contributed by atoms with Gasteiger partial charge in [0.2, 0.25) is 0 Å². The van der Waals surface area contributed by atoms with Gasteiger partial charge in [-0.1, -0.05) is 31.4 Å². The molecule has 2 nitrogen and oxygen atoms in total. The van der Waals surface area contributed by atoms with Crippen molar-refractivity contribution in [3.05, 3.63) is 22.2 Å². The van der Waals surface area contributed by atoms with E-state index in [1.165, 1.54) is 49.8 Å². The van der Waals surface area contributed by atoms with E-state index in [0.29, 0.717) is 5.92 Å². The molecule has 0 aromatic carbocycles. The molecule has 0 amide bonds. The van der Waals surface area contributed by atoms with Crippen molar-refractivity contribution in [1.82, 2.24) is 9.97 Å². The molecular weight excluding hydrogens is 244 g/mol. The Bertz CT molecular complexity index is 444. The zero-order valence-electron chi connectivity index (χ0n) is 11.1. The number of halogens is 1. The molecule has 3 rings (SSSR count). The van der Waals surface area contributed by atoms with E-state index in [4.69, 9.17) is 16.6 Å². The highest BCUT2D eigenvalue weighted by Gasteiger charge is 2.25. The number of hydrogen-bond acceptors (Lipinski definition) is 2. The normalized spacial score (nSPS) is 27.9. The molecule has 0 spiro atoms. The number of fused-ring (bicyclic) bond motifs is 1. The molecule has 1 heterocycles. The maximum Gasteiger partial charge on any atom is 0.136 e. The molecule has 1 aromatic heterocycles. The van der Waals surface area contributed by atoms with Crippen LogP contribution in [0.2, 0.25) is 5.15 Å². The molecule has 98 valence electrons. The third kappa shape index (κ3) is 2.40. The first-order chi connectivity index (χ1) is 8.74. The SMILES string of the molecule is CC1CCCC(c2nc(Cl)c3c(n2)CCCC3)C1. The van der Waals surface area contributed by atoms with Crippen LogP contribution in [-0.4, -0.2) is 9.97 Å². The first-order valence-corrected chi connectivity index (χ1v) is 7.67. The lowest BCUT2D eigenvalue weighted by Gasteiger charge is -2.27. The van der Waals surface area contributed by atoms with Gasteiger partial charge in [0, 0.05) is 17.2 Å². The Morgan fingerprint density at radius 3 is 2.72 bits per heavy atom. The highest BCUT2D eigenvalue weighted by Crippen LogP contribution is 2.36. The predicted octanol–water partition coefficient (Wildman–Crippen LogP) is 4.30.